The summed E-state index contributed by atoms with van der Waals surface area (Å²) in [6.45, 7) is 0.877. The van der Waals surface area contributed by atoms with E-state index >= 15 is 0 Å². The molecule has 1 fully saturated rings. The van der Waals surface area contributed by atoms with E-state index in [4.69, 9.17) is 16.3 Å². The fourth-order valence-corrected chi connectivity index (χ4v) is 1.58. The number of hydrogen-bond acceptors (Lipinski definition) is 4. The van der Waals surface area contributed by atoms with Gasteiger partial charge in [-0.2, -0.15) is 0 Å². The van der Waals surface area contributed by atoms with Crippen molar-refractivity contribution >= 4 is 23.0 Å². The molecular formula is C14H17ClO4. The Balaban J connectivity index is 0.000000200. The molecule has 1 heterocycles. The lowest BCUT2D eigenvalue weighted by molar-refractivity contribution is -0.142. The smallest absolute Gasteiger partial charge is 0.404 e. The van der Waals surface area contributed by atoms with Gasteiger partial charge in [-0.05, 0) is 24.8 Å². The molecule has 0 unspecified atom stereocenters. The number of esters is 1. The van der Waals surface area contributed by atoms with Crippen LogP contribution in [-0.4, -0.2) is 18.0 Å². The van der Waals surface area contributed by atoms with Crippen molar-refractivity contribution < 1.29 is 19.1 Å². The Hall–Kier alpha value is -1.55. The Kier molecular flexibility index (Phi) is 7.66. The molecular weight excluding hydrogens is 268 g/mol. The van der Waals surface area contributed by atoms with Gasteiger partial charge in [-0.15, -0.1) is 0 Å². The van der Waals surface area contributed by atoms with E-state index in [1.807, 2.05) is 30.3 Å². The van der Waals surface area contributed by atoms with Crippen molar-refractivity contribution in [2.75, 3.05) is 6.61 Å². The lowest BCUT2D eigenvalue weighted by Gasteiger charge is -1.98. The SMILES string of the molecule is O=C(Cl)OCc1ccccc1.O=C1CCCCCO1. The third-order valence-electron chi connectivity index (χ3n) is 2.48. The van der Waals surface area contributed by atoms with Gasteiger partial charge in [-0.3, -0.25) is 4.79 Å². The molecule has 1 aliphatic rings. The first-order chi connectivity index (χ1) is 9.18. The van der Waals surface area contributed by atoms with Crippen LogP contribution in [0.3, 0.4) is 0 Å². The number of benzene rings is 1. The summed E-state index contributed by atoms with van der Waals surface area (Å²) in [7, 11) is 0. The molecule has 4 nitrogen and oxygen atoms in total. The molecule has 0 aliphatic carbocycles. The highest BCUT2D eigenvalue weighted by Gasteiger charge is 2.05. The molecule has 1 saturated heterocycles. The summed E-state index contributed by atoms with van der Waals surface area (Å²) in [5, 5.41) is 0. The minimum atomic E-state index is -0.770. The standard InChI is InChI=1S/C8H7ClO2.C6H10O2/c9-8(10)11-6-7-4-2-1-3-5-7;7-6-4-2-1-3-5-8-6/h1-5H,6H2;1-5H2. The average molecular weight is 285 g/mol. The van der Waals surface area contributed by atoms with Crippen molar-refractivity contribution in [1.82, 2.24) is 0 Å². The molecule has 0 amide bonds. The summed E-state index contributed by atoms with van der Waals surface area (Å²) in [5.74, 6) is -0.0255. The van der Waals surface area contributed by atoms with Gasteiger partial charge in [0.05, 0.1) is 6.61 Å². The van der Waals surface area contributed by atoms with Crippen LogP contribution >= 0.6 is 11.6 Å². The molecule has 0 radical (unpaired) electrons. The largest absolute Gasteiger partial charge is 0.466 e. The normalized spacial score (nSPS) is 14.5. The Labute approximate surface area is 117 Å². The van der Waals surface area contributed by atoms with E-state index in [2.05, 4.69) is 4.74 Å². The molecule has 0 bridgehead atoms. The Bertz CT molecular complexity index is 382. The van der Waals surface area contributed by atoms with Crippen LogP contribution in [-0.2, 0) is 20.9 Å². The van der Waals surface area contributed by atoms with Gasteiger partial charge in [-0.1, -0.05) is 30.3 Å². The number of carbonyl (C=O) groups is 2. The molecule has 0 saturated carbocycles. The van der Waals surface area contributed by atoms with Crippen molar-refractivity contribution in [2.45, 2.75) is 32.3 Å². The summed E-state index contributed by atoms with van der Waals surface area (Å²) in [6.07, 6.45) is 3.83. The highest BCUT2D eigenvalue weighted by molar-refractivity contribution is 6.61. The quantitative estimate of drug-likeness (QED) is 0.614. The van der Waals surface area contributed by atoms with E-state index in [0.717, 1.165) is 24.8 Å². The Morgan fingerprint density at radius 2 is 1.95 bits per heavy atom. The maximum absolute atomic E-state index is 10.5. The van der Waals surface area contributed by atoms with E-state index in [-0.39, 0.29) is 12.6 Å². The minimum Gasteiger partial charge on any atom is -0.466 e. The van der Waals surface area contributed by atoms with Crippen LogP contribution in [0, 0.1) is 0 Å². The van der Waals surface area contributed by atoms with Gasteiger partial charge in [-0.25, -0.2) is 4.79 Å². The Morgan fingerprint density at radius 3 is 2.63 bits per heavy atom. The number of halogens is 1. The van der Waals surface area contributed by atoms with Gasteiger partial charge in [0.15, 0.2) is 0 Å². The van der Waals surface area contributed by atoms with Crippen LogP contribution < -0.4 is 0 Å². The van der Waals surface area contributed by atoms with Gasteiger partial charge in [0, 0.05) is 18.0 Å². The zero-order chi connectivity index (χ0) is 13.9. The van der Waals surface area contributed by atoms with E-state index in [1.165, 1.54) is 0 Å². The van der Waals surface area contributed by atoms with Gasteiger partial charge < -0.3 is 9.47 Å². The maximum atomic E-state index is 10.5. The van der Waals surface area contributed by atoms with Crippen molar-refractivity contribution in [1.29, 1.82) is 0 Å². The monoisotopic (exact) mass is 284 g/mol. The summed E-state index contributed by atoms with van der Waals surface area (Å²) in [5.41, 5.74) is 0.162. The van der Waals surface area contributed by atoms with Crippen LogP contribution in [0.1, 0.15) is 31.2 Å². The van der Waals surface area contributed by atoms with Crippen LogP contribution in [0.15, 0.2) is 30.3 Å². The number of carbonyl (C=O) groups excluding carboxylic acids is 2. The summed E-state index contributed by atoms with van der Waals surface area (Å²) < 4.78 is 9.32. The summed E-state index contributed by atoms with van der Waals surface area (Å²) in [6, 6.07) is 9.36. The fourth-order valence-electron chi connectivity index (χ4n) is 1.52. The second kappa shape index (κ2) is 9.39. The van der Waals surface area contributed by atoms with E-state index in [1.54, 1.807) is 0 Å². The number of ether oxygens (including phenoxy) is 2. The third-order valence-corrected chi connectivity index (χ3v) is 2.59. The minimum absolute atomic E-state index is 0.0255. The third kappa shape index (κ3) is 8.21. The molecule has 1 aliphatic heterocycles. The molecule has 1 aromatic carbocycles. The van der Waals surface area contributed by atoms with Gasteiger partial charge >= 0.3 is 11.4 Å². The van der Waals surface area contributed by atoms with Crippen molar-refractivity contribution in [3.8, 4) is 0 Å². The Morgan fingerprint density at radius 1 is 1.21 bits per heavy atom. The first-order valence-electron chi connectivity index (χ1n) is 6.20. The first kappa shape index (κ1) is 15.5. The van der Waals surface area contributed by atoms with E-state index in [0.29, 0.717) is 13.0 Å². The predicted octanol–water partition coefficient (Wildman–Crippen LogP) is 3.67. The summed E-state index contributed by atoms with van der Waals surface area (Å²) in [4.78, 5) is 20.6. The lowest BCUT2D eigenvalue weighted by atomic mass is 10.2. The van der Waals surface area contributed by atoms with Gasteiger partial charge in [0.25, 0.3) is 0 Å². The zero-order valence-electron chi connectivity index (χ0n) is 10.6. The molecule has 0 aromatic heterocycles. The number of rotatable bonds is 2. The molecule has 104 valence electrons. The molecule has 0 N–H and O–H groups in total. The van der Waals surface area contributed by atoms with E-state index in [9.17, 15) is 9.59 Å². The van der Waals surface area contributed by atoms with Crippen molar-refractivity contribution in [3.63, 3.8) is 0 Å². The van der Waals surface area contributed by atoms with Crippen molar-refractivity contribution in [2.24, 2.45) is 0 Å². The second-order valence-electron chi connectivity index (χ2n) is 4.04. The number of cyclic esters (lactones) is 1. The average Bonchev–Trinajstić information content (AvgIpc) is 2.66. The highest BCUT2D eigenvalue weighted by atomic mass is 35.5. The topological polar surface area (TPSA) is 52.6 Å². The molecule has 5 heteroatoms. The van der Waals surface area contributed by atoms with Crippen LogP contribution in [0.5, 0.6) is 0 Å². The van der Waals surface area contributed by atoms with Crippen LogP contribution in [0.4, 0.5) is 4.79 Å². The molecule has 2 rings (SSSR count). The zero-order valence-corrected chi connectivity index (χ0v) is 11.4. The van der Waals surface area contributed by atoms with E-state index < -0.39 is 5.43 Å². The second-order valence-corrected chi connectivity index (χ2v) is 4.35. The highest BCUT2D eigenvalue weighted by Crippen LogP contribution is 2.06. The number of hydrogen-bond donors (Lipinski definition) is 0. The van der Waals surface area contributed by atoms with Gasteiger partial charge in [0.2, 0.25) is 0 Å². The van der Waals surface area contributed by atoms with Crippen molar-refractivity contribution in [3.05, 3.63) is 35.9 Å². The summed E-state index contributed by atoms with van der Waals surface area (Å²) >= 11 is 4.97. The molecule has 0 spiro atoms. The van der Waals surface area contributed by atoms with Crippen LogP contribution in [0.25, 0.3) is 0 Å². The fraction of sp³-hybridized carbons (Fsp3) is 0.429. The molecule has 19 heavy (non-hydrogen) atoms. The lowest BCUT2D eigenvalue weighted by Crippen LogP contribution is -2.00. The molecule has 1 aromatic rings. The maximum Gasteiger partial charge on any atom is 0.404 e. The molecule has 0 atom stereocenters. The first-order valence-corrected chi connectivity index (χ1v) is 6.58. The van der Waals surface area contributed by atoms with Crippen LogP contribution in [0.2, 0.25) is 0 Å². The predicted molar refractivity (Wildman–Crippen MR) is 71.9 cm³/mol. The van der Waals surface area contributed by atoms with Gasteiger partial charge in [0.1, 0.15) is 6.61 Å².